The molecule has 1 heterocycles. The smallest absolute Gasteiger partial charge is 0.288 e. The van der Waals surface area contributed by atoms with Crippen molar-refractivity contribution in [3.8, 4) is 0 Å². The third-order valence-electron chi connectivity index (χ3n) is 2.16. The van der Waals surface area contributed by atoms with Crippen molar-refractivity contribution in [2.75, 3.05) is 0 Å². The molecule has 0 spiro atoms. The first-order valence-electron chi connectivity index (χ1n) is 5.20. The Balaban J connectivity index is 2.90. The quantitative estimate of drug-likeness (QED) is 0.466. The van der Waals surface area contributed by atoms with Crippen molar-refractivity contribution in [3.05, 3.63) is 33.1 Å². The van der Waals surface area contributed by atoms with E-state index in [-0.39, 0.29) is 22.8 Å². The maximum atomic E-state index is 11.8. The van der Waals surface area contributed by atoms with Crippen LogP contribution in [0.25, 0.3) is 0 Å². The lowest BCUT2D eigenvalue weighted by Gasteiger charge is -2.12. The Labute approximate surface area is 113 Å². The minimum absolute atomic E-state index is 0.0499. The summed E-state index contributed by atoms with van der Waals surface area (Å²) in [5.74, 6) is -1.23. The van der Waals surface area contributed by atoms with Crippen molar-refractivity contribution in [3.63, 3.8) is 0 Å². The van der Waals surface area contributed by atoms with Crippen molar-refractivity contribution in [1.82, 2.24) is 10.3 Å². The Bertz CT molecular complexity index is 534. The fourth-order valence-corrected chi connectivity index (χ4v) is 1.54. The number of nitrogens with one attached hydrogen (secondary N) is 1. The lowest BCUT2D eigenvalue weighted by molar-refractivity contribution is -0.385. The Morgan fingerprint density at radius 1 is 1.63 bits per heavy atom. The van der Waals surface area contributed by atoms with Crippen LogP contribution in [0, 0.1) is 10.1 Å². The van der Waals surface area contributed by atoms with E-state index in [1.165, 1.54) is 0 Å². The van der Waals surface area contributed by atoms with Gasteiger partial charge in [-0.05, 0) is 6.92 Å². The first-order valence-corrected chi connectivity index (χ1v) is 5.58. The largest absolute Gasteiger partial charge is 0.370 e. The second-order valence-corrected chi connectivity index (χ2v) is 4.19. The van der Waals surface area contributed by atoms with E-state index in [4.69, 9.17) is 17.3 Å². The van der Waals surface area contributed by atoms with Crippen LogP contribution in [0.1, 0.15) is 23.7 Å². The Kier molecular flexibility index (Phi) is 4.76. The molecule has 1 unspecified atom stereocenters. The summed E-state index contributed by atoms with van der Waals surface area (Å²) < 4.78 is 0. The molecule has 1 rings (SSSR count). The summed E-state index contributed by atoms with van der Waals surface area (Å²) in [7, 11) is 0. The van der Waals surface area contributed by atoms with E-state index in [0.717, 1.165) is 12.3 Å². The molecule has 1 aromatic rings. The number of nitrogens with two attached hydrogens (primary N) is 1. The SMILES string of the molecule is CC(CC(N)=O)NC(=O)c1cc([N+](=O)[O-])cnc1Cl. The van der Waals surface area contributed by atoms with E-state index in [9.17, 15) is 19.7 Å². The van der Waals surface area contributed by atoms with Gasteiger partial charge in [-0.2, -0.15) is 0 Å². The fraction of sp³-hybridized carbons (Fsp3) is 0.300. The van der Waals surface area contributed by atoms with E-state index < -0.39 is 22.8 Å². The highest BCUT2D eigenvalue weighted by Crippen LogP contribution is 2.19. The van der Waals surface area contributed by atoms with Gasteiger partial charge in [-0.25, -0.2) is 4.98 Å². The molecule has 1 atom stereocenters. The minimum Gasteiger partial charge on any atom is -0.370 e. The molecule has 0 aliphatic carbocycles. The van der Waals surface area contributed by atoms with Crippen LogP contribution < -0.4 is 11.1 Å². The fourth-order valence-electron chi connectivity index (χ4n) is 1.35. The number of hydrogen-bond acceptors (Lipinski definition) is 5. The normalized spacial score (nSPS) is 11.7. The number of carbonyl (C=O) groups excluding carboxylic acids is 2. The van der Waals surface area contributed by atoms with Crippen molar-refractivity contribution in [2.45, 2.75) is 19.4 Å². The van der Waals surface area contributed by atoms with Gasteiger partial charge in [0.2, 0.25) is 5.91 Å². The maximum Gasteiger partial charge on any atom is 0.288 e. The van der Waals surface area contributed by atoms with Gasteiger partial charge in [-0.3, -0.25) is 19.7 Å². The summed E-state index contributed by atoms with van der Waals surface area (Å²) in [6.07, 6.45) is 0.900. The minimum atomic E-state index is -0.688. The van der Waals surface area contributed by atoms with Crippen molar-refractivity contribution >= 4 is 29.1 Å². The summed E-state index contributed by atoms with van der Waals surface area (Å²) in [6, 6.07) is 0.502. The molecule has 0 aliphatic rings. The summed E-state index contributed by atoms with van der Waals surface area (Å²) in [4.78, 5) is 36.0. The zero-order chi connectivity index (χ0) is 14.6. The van der Waals surface area contributed by atoms with Gasteiger partial charge in [-0.1, -0.05) is 11.6 Å². The molecule has 0 saturated carbocycles. The number of carbonyl (C=O) groups is 2. The van der Waals surface area contributed by atoms with E-state index in [1.54, 1.807) is 6.92 Å². The second-order valence-electron chi connectivity index (χ2n) is 3.83. The van der Waals surface area contributed by atoms with Gasteiger partial charge in [0.25, 0.3) is 11.6 Å². The Hall–Kier alpha value is -2.22. The summed E-state index contributed by atoms with van der Waals surface area (Å²) >= 11 is 5.70. The Morgan fingerprint density at radius 2 is 2.26 bits per heavy atom. The molecule has 0 bridgehead atoms. The van der Waals surface area contributed by atoms with Gasteiger partial charge in [-0.15, -0.1) is 0 Å². The van der Waals surface area contributed by atoms with Crippen LogP contribution in [0.4, 0.5) is 5.69 Å². The summed E-state index contributed by atoms with van der Waals surface area (Å²) in [5, 5.41) is 12.9. The zero-order valence-electron chi connectivity index (χ0n) is 9.92. The van der Waals surface area contributed by atoms with Gasteiger partial charge >= 0.3 is 0 Å². The number of nitrogens with zero attached hydrogens (tertiary/aromatic N) is 2. The maximum absolute atomic E-state index is 11.8. The van der Waals surface area contributed by atoms with Gasteiger partial charge in [0.05, 0.1) is 10.5 Å². The molecule has 0 aromatic carbocycles. The van der Waals surface area contributed by atoms with E-state index in [2.05, 4.69) is 10.3 Å². The van der Waals surface area contributed by atoms with Crippen LogP contribution in [-0.2, 0) is 4.79 Å². The van der Waals surface area contributed by atoms with E-state index in [1.807, 2.05) is 0 Å². The van der Waals surface area contributed by atoms with Crippen LogP contribution >= 0.6 is 11.6 Å². The molecule has 0 fully saturated rings. The lowest BCUT2D eigenvalue weighted by Crippen LogP contribution is -2.35. The van der Waals surface area contributed by atoms with Crippen LogP contribution in [0.15, 0.2) is 12.3 Å². The first kappa shape index (κ1) is 14.8. The highest BCUT2D eigenvalue weighted by atomic mass is 35.5. The average Bonchev–Trinajstić information content (AvgIpc) is 2.27. The van der Waals surface area contributed by atoms with Gasteiger partial charge in [0.15, 0.2) is 0 Å². The van der Waals surface area contributed by atoms with Gasteiger partial charge in [0, 0.05) is 18.5 Å². The molecule has 102 valence electrons. The molecule has 9 heteroatoms. The van der Waals surface area contributed by atoms with Crippen molar-refractivity contribution in [2.24, 2.45) is 5.73 Å². The predicted molar refractivity (Wildman–Crippen MR) is 66.6 cm³/mol. The number of primary amides is 1. The molecular formula is C10H11ClN4O4. The van der Waals surface area contributed by atoms with Crippen LogP contribution in [0.3, 0.4) is 0 Å². The lowest BCUT2D eigenvalue weighted by atomic mass is 10.2. The second kappa shape index (κ2) is 6.10. The molecule has 0 radical (unpaired) electrons. The predicted octanol–water partition coefficient (Wildman–Crippen LogP) is 0.637. The third-order valence-corrected chi connectivity index (χ3v) is 2.47. The molecular weight excluding hydrogens is 276 g/mol. The first-order chi connectivity index (χ1) is 8.81. The molecule has 0 saturated heterocycles. The standard InChI is InChI=1S/C10H11ClN4O4/c1-5(2-8(12)16)14-10(17)7-3-6(15(18)19)4-13-9(7)11/h3-5H,2H2,1H3,(H2,12,16)(H,14,17). The van der Waals surface area contributed by atoms with Crippen molar-refractivity contribution < 1.29 is 14.5 Å². The topological polar surface area (TPSA) is 128 Å². The number of amides is 2. The molecule has 0 aliphatic heterocycles. The van der Waals surface area contributed by atoms with Crippen LogP contribution in [-0.4, -0.2) is 27.8 Å². The van der Waals surface area contributed by atoms with Gasteiger partial charge < -0.3 is 11.1 Å². The van der Waals surface area contributed by atoms with Crippen LogP contribution in [0.5, 0.6) is 0 Å². The molecule has 1 aromatic heterocycles. The van der Waals surface area contributed by atoms with Crippen molar-refractivity contribution in [1.29, 1.82) is 0 Å². The number of nitro groups is 1. The van der Waals surface area contributed by atoms with Crippen LogP contribution in [0.2, 0.25) is 5.15 Å². The average molecular weight is 287 g/mol. The highest BCUT2D eigenvalue weighted by Gasteiger charge is 2.19. The molecule has 8 nitrogen and oxygen atoms in total. The molecule has 19 heavy (non-hydrogen) atoms. The zero-order valence-corrected chi connectivity index (χ0v) is 10.7. The number of aromatic nitrogens is 1. The third kappa shape index (κ3) is 4.18. The number of rotatable bonds is 5. The van der Waals surface area contributed by atoms with E-state index >= 15 is 0 Å². The van der Waals surface area contributed by atoms with E-state index in [0.29, 0.717) is 0 Å². The number of hydrogen-bond donors (Lipinski definition) is 2. The molecule has 2 amide bonds. The van der Waals surface area contributed by atoms with Gasteiger partial charge in [0.1, 0.15) is 11.3 Å². The monoisotopic (exact) mass is 286 g/mol. The summed E-state index contributed by atoms with van der Waals surface area (Å²) in [6.45, 7) is 1.57. The highest BCUT2D eigenvalue weighted by molar-refractivity contribution is 6.32. The number of pyridine rings is 1. The number of halogens is 1. The Morgan fingerprint density at radius 3 is 2.79 bits per heavy atom. The summed E-state index contributed by atoms with van der Waals surface area (Å²) in [5.41, 5.74) is 4.50. The molecule has 3 N–H and O–H groups in total.